The molecule has 0 saturated carbocycles. The molecule has 1 nitrogen and oxygen atoms in total. The van der Waals surface area contributed by atoms with Gasteiger partial charge in [-0.2, -0.15) is 0 Å². The first kappa shape index (κ1) is 29.5. The molecule has 0 bridgehead atoms. The average Bonchev–Trinajstić information content (AvgIpc) is 3.76. The average molecular weight is 682 g/mol. The fourth-order valence-electron chi connectivity index (χ4n) is 9.58. The van der Waals surface area contributed by atoms with Crippen LogP contribution in [0.25, 0.3) is 122 Å². The lowest BCUT2D eigenvalue weighted by Gasteiger charge is -2.20. The summed E-state index contributed by atoms with van der Waals surface area (Å²) >= 11 is 0. The van der Waals surface area contributed by atoms with E-state index in [9.17, 15) is 0 Å². The van der Waals surface area contributed by atoms with E-state index < -0.39 is 0 Å². The summed E-state index contributed by atoms with van der Waals surface area (Å²) in [6, 6.07) is 68.9. The van der Waals surface area contributed by atoms with Crippen molar-refractivity contribution in [3.8, 4) is 89.1 Å². The van der Waals surface area contributed by atoms with E-state index in [0.717, 1.165) is 16.8 Å². The van der Waals surface area contributed by atoms with E-state index in [0.29, 0.717) is 0 Å². The summed E-state index contributed by atoms with van der Waals surface area (Å²) in [5.41, 5.74) is 21.1. The van der Waals surface area contributed by atoms with E-state index >= 15 is 0 Å². The minimum Gasteiger partial charge on any atom is -0.248 e. The Morgan fingerprint density at radius 2 is 0.759 bits per heavy atom. The fraction of sp³-hybridized carbons (Fsp3) is 0. The predicted molar refractivity (Wildman–Crippen MR) is 227 cm³/mol. The van der Waals surface area contributed by atoms with Gasteiger partial charge in [0.1, 0.15) is 0 Å². The van der Waals surface area contributed by atoms with Crippen LogP contribution < -0.4 is 0 Å². The van der Waals surface area contributed by atoms with Crippen molar-refractivity contribution in [3.63, 3.8) is 0 Å². The van der Waals surface area contributed by atoms with Gasteiger partial charge in [0.2, 0.25) is 0 Å². The first-order valence-corrected chi connectivity index (χ1v) is 18.7. The highest BCUT2D eigenvalue weighted by Crippen LogP contribution is 2.59. The van der Waals surface area contributed by atoms with Gasteiger partial charge in [-0.25, -0.2) is 4.98 Å². The summed E-state index contributed by atoms with van der Waals surface area (Å²) in [5, 5.41) is 6.40. The summed E-state index contributed by atoms with van der Waals surface area (Å²) in [5.74, 6) is 0. The molecule has 0 saturated heterocycles. The highest BCUT2D eigenvalue weighted by atomic mass is 14.7. The van der Waals surface area contributed by atoms with Gasteiger partial charge in [-0.1, -0.05) is 176 Å². The molecule has 0 unspecified atom stereocenters. The van der Waals surface area contributed by atoms with Crippen molar-refractivity contribution < 1.29 is 0 Å². The fourth-order valence-corrected chi connectivity index (χ4v) is 9.58. The summed E-state index contributed by atoms with van der Waals surface area (Å²) in [6.45, 7) is 0. The number of benzene rings is 9. The van der Waals surface area contributed by atoms with Crippen LogP contribution in [0.2, 0.25) is 0 Å². The zero-order chi connectivity index (χ0) is 35.3. The highest BCUT2D eigenvalue weighted by molar-refractivity contribution is 6.29. The second kappa shape index (κ2) is 11.2. The molecule has 0 fully saturated rings. The summed E-state index contributed by atoms with van der Waals surface area (Å²) < 4.78 is 0. The lowest BCUT2D eigenvalue weighted by Crippen LogP contribution is -1.93. The van der Waals surface area contributed by atoms with Crippen molar-refractivity contribution in [2.75, 3.05) is 0 Å². The number of hydrogen-bond acceptors (Lipinski definition) is 1. The third-order valence-corrected chi connectivity index (χ3v) is 11.7. The Labute approximate surface area is 313 Å². The van der Waals surface area contributed by atoms with Gasteiger partial charge in [-0.15, -0.1) is 0 Å². The maximum atomic E-state index is 5.26. The lowest BCUT2D eigenvalue weighted by molar-refractivity contribution is 1.40. The normalized spacial score (nSPS) is 12.1. The zero-order valence-electron chi connectivity index (χ0n) is 29.3. The van der Waals surface area contributed by atoms with Crippen LogP contribution in [0.5, 0.6) is 0 Å². The number of rotatable bonds is 4. The lowest BCUT2D eigenvalue weighted by atomic mass is 9.82. The van der Waals surface area contributed by atoms with Crippen LogP contribution in [0.3, 0.4) is 0 Å². The van der Waals surface area contributed by atoms with Crippen LogP contribution >= 0.6 is 0 Å². The Bertz CT molecular complexity index is 3090. The van der Waals surface area contributed by atoms with E-state index in [1.54, 1.807) is 0 Å². The van der Waals surface area contributed by atoms with Gasteiger partial charge in [0.25, 0.3) is 0 Å². The van der Waals surface area contributed by atoms with Gasteiger partial charge < -0.3 is 0 Å². The van der Waals surface area contributed by atoms with Crippen molar-refractivity contribution in [1.82, 2.24) is 4.98 Å². The maximum Gasteiger partial charge on any atom is 0.0722 e. The van der Waals surface area contributed by atoms with Gasteiger partial charge in [0, 0.05) is 16.5 Å². The number of aromatic nitrogens is 1. The summed E-state index contributed by atoms with van der Waals surface area (Å²) in [4.78, 5) is 5.26. The van der Waals surface area contributed by atoms with Crippen molar-refractivity contribution in [1.29, 1.82) is 0 Å². The molecule has 2 aliphatic carbocycles. The SMILES string of the molecule is c1ccc(-c2cc3c4c(c(-c5ccc6c7c(cccc57)-c5c-6c(-c6ccccc6)c6ccccc6c5-c5ccccc5)ccc4n2)-c2ccccc2-3)cc1. The third-order valence-electron chi connectivity index (χ3n) is 11.7. The molecule has 1 heterocycles. The Kier molecular flexibility index (Phi) is 6.12. The van der Waals surface area contributed by atoms with Crippen molar-refractivity contribution in [2.45, 2.75) is 0 Å². The second-order valence-electron chi connectivity index (χ2n) is 14.5. The van der Waals surface area contributed by atoms with Crippen LogP contribution in [0.4, 0.5) is 0 Å². The molecule has 0 aliphatic heterocycles. The number of pyridine rings is 1. The molecule has 0 amide bonds. The van der Waals surface area contributed by atoms with Gasteiger partial charge in [-0.3, -0.25) is 0 Å². The van der Waals surface area contributed by atoms with E-state index in [-0.39, 0.29) is 0 Å². The van der Waals surface area contributed by atoms with Gasteiger partial charge in [-0.05, 0) is 106 Å². The molecule has 0 radical (unpaired) electrons. The molecule has 0 atom stereocenters. The molecule has 12 rings (SSSR count). The topological polar surface area (TPSA) is 12.9 Å². The molecular weight excluding hydrogens is 651 g/mol. The molecule has 10 aromatic rings. The molecule has 1 heteroatoms. The Balaban J connectivity index is 1.17. The monoisotopic (exact) mass is 681 g/mol. The van der Waals surface area contributed by atoms with E-state index in [2.05, 4.69) is 188 Å². The van der Waals surface area contributed by atoms with Gasteiger partial charge in [0.05, 0.1) is 11.2 Å². The Morgan fingerprint density at radius 1 is 0.259 bits per heavy atom. The summed E-state index contributed by atoms with van der Waals surface area (Å²) in [6.07, 6.45) is 0. The zero-order valence-corrected chi connectivity index (χ0v) is 29.3. The minimum absolute atomic E-state index is 1.01. The van der Waals surface area contributed by atoms with Crippen LogP contribution in [-0.2, 0) is 0 Å². The van der Waals surface area contributed by atoms with Crippen molar-refractivity contribution in [3.05, 3.63) is 188 Å². The van der Waals surface area contributed by atoms with Gasteiger partial charge in [0.15, 0.2) is 0 Å². The first-order valence-electron chi connectivity index (χ1n) is 18.7. The Morgan fingerprint density at radius 3 is 1.43 bits per heavy atom. The first-order chi connectivity index (χ1) is 26.8. The predicted octanol–water partition coefficient (Wildman–Crippen LogP) is 14.5. The minimum atomic E-state index is 1.01. The Hall–Kier alpha value is -7.09. The van der Waals surface area contributed by atoms with Crippen LogP contribution in [0, 0.1) is 0 Å². The molecule has 54 heavy (non-hydrogen) atoms. The van der Waals surface area contributed by atoms with Gasteiger partial charge >= 0.3 is 0 Å². The number of nitrogens with zero attached hydrogens (tertiary/aromatic N) is 1. The molecule has 0 N–H and O–H groups in total. The number of fused-ring (bicyclic) bond motifs is 7. The van der Waals surface area contributed by atoms with E-state index in [4.69, 9.17) is 4.98 Å². The largest absolute Gasteiger partial charge is 0.248 e. The summed E-state index contributed by atoms with van der Waals surface area (Å²) in [7, 11) is 0. The number of hydrogen-bond donors (Lipinski definition) is 0. The maximum absolute atomic E-state index is 5.26. The van der Waals surface area contributed by atoms with Crippen LogP contribution in [0.15, 0.2) is 188 Å². The molecule has 9 aromatic carbocycles. The molecule has 248 valence electrons. The van der Waals surface area contributed by atoms with Crippen molar-refractivity contribution in [2.24, 2.45) is 0 Å². The van der Waals surface area contributed by atoms with Crippen LogP contribution in [0.1, 0.15) is 0 Å². The standard InChI is InChI=1S/C53H31N/c1-4-15-32(16-5-1)46-31-44-35-21-10-11-22-38(35)50-41(29-30-45(54-46)51(44)50)36-27-28-43-49-37(36)25-14-26-42(49)52-47(33-17-6-2-7-18-33)39-23-12-13-24-40(39)48(53(43)52)34-19-8-3-9-20-34/h1-31H. The molecule has 1 aromatic heterocycles. The van der Waals surface area contributed by atoms with Crippen molar-refractivity contribution >= 4 is 32.4 Å². The quantitative estimate of drug-likeness (QED) is 0.180. The smallest absolute Gasteiger partial charge is 0.0722 e. The second-order valence-corrected chi connectivity index (χ2v) is 14.5. The van der Waals surface area contributed by atoms with E-state index in [1.807, 2.05) is 0 Å². The third kappa shape index (κ3) is 4.01. The molecule has 0 spiro atoms. The molecular formula is C53H31N. The van der Waals surface area contributed by atoms with E-state index in [1.165, 1.54) is 105 Å². The highest BCUT2D eigenvalue weighted by Gasteiger charge is 2.32. The molecule has 2 aliphatic rings. The van der Waals surface area contributed by atoms with Crippen LogP contribution in [-0.4, -0.2) is 4.98 Å².